The van der Waals surface area contributed by atoms with Crippen molar-refractivity contribution in [1.82, 2.24) is 5.32 Å². The lowest BCUT2D eigenvalue weighted by Crippen LogP contribution is -2.38. The van der Waals surface area contributed by atoms with Crippen LogP contribution in [-0.2, 0) is 5.54 Å². The van der Waals surface area contributed by atoms with Crippen LogP contribution < -0.4 is 10.6 Å². The molecule has 3 nitrogen and oxygen atoms in total. The molecule has 1 aliphatic rings. The van der Waals surface area contributed by atoms with Gasteiger partial charge < -0.3 is 10.6 Å². The van der Waals surface area contributed by atoms with Gasteiger partial charge in [0.2, 0.25) is 0 Å². The second kappa shape index (κ2) is 5.58. The smallest absolute Gasteiger partial charge is 0.319 e. The summed E-state index contributed by atoms with van der Waals surface area (Å²) in [7, 11) is 0. The van der Waals surface area contributed by atoms with Crippen molar-refractivity contribution in [3.63, 3.8) is 0 Å². The Bertz CT molecular complexity index is 649. The summed E-state index contributed by atoms with van der Waals surface area (Å²) in [5, 5.41) is 7.19. The molecule has 2 N–H and O–H groups in total. The Morgan fingerprint density at radius 1 is 0.905 bits per heavy atom. The van der Waals surface area contributed by atoms with E-state index in [4.69, 9.17) is 23.2 Å². The SMILES string of the molecule is O=C(Nc1ccc(Cl)cc1)NC1(c2ccc(Cl)cc2)CC1. The predicted octanol–water partition coefficient (Wildman–Crippen LogP) is 4.80. The zero-order chi connectivity index (χ0) is 14.9. The Morgan fingerprint density at radius 2 is 1.43 bits per heavy atom. The number of carbonyl (C=O) groups is 1. The first kappa shape index (κ1) is 14.2. The summed E-state index contributed by atoms with van der Waals surface area (Å²) < 4.78 is 0. The molecule has 2 aromatic carbocycles. The lowest BCUT2D eigenvalue weighted by atomic mass is 10.1. The maximum absolute atomic E-state index is 12.1. The minimum absolute atomic E-state index is 0.218. The molecule has 0 heterocycles. The van der Waals surface area contributed by atoms with Crippen molar-refractivity contribution in [1.29, 1.82) is 0 Å². The third-order valence-electron chi connectivity index (χ3n) is 3.60. The Kier molecular flexibility index (Phi) is 3.79. The van der Waals surface area contributed by atoms with Crippen LogP contribution in [0, 0.1) is 0 Å². The number of anilines is 1. The number of amides is 2. The van der Waals surface area contributed by atoms with Gasteiger partial charge in [-0.3, -0.25) is 0 Å². The Labute approximate surface area is 133 Å². The molecule has 108 valence electrons. The highest BCUT2D eigenvalue weighted by molar-refractivity contribution is 6.30. The van der Waals surface area contributed by atoms with Gasteiger partial charge in [0, 0.05) is 15.7 Å². The molecule has 0 bridgehead atoms. The quantitative estimate of drug-likeness (QED) is 0.837. The second-order valence-corrected chi connectivity index (χ2v) is 6.05. The number of hydrogen-bond acceptors (Lipinski definition) is 1. The number of rotatable bonds is 3. The van der Waals surface area contributed by atoms with Crippen LogP contribution in [0.2, 0.25) is 10.0 Å². The second-order valence-electron chi connectivity index (χ2n) is 5.18. The molecule has 3 rings (SSSR count). The fraction of sp³-hybridized carbons (Fsp3) is 0.188. The van der Waals surface area contributed by atoms with E-state index in [-0.39, 0.29) is 11.6 Å². The van der Waals surface area contributed by atoms with E-state index in [9.17, 15) is 4.79 Å². The summed E-state index contributed by atoms with van der Waals surface area (Å²) in [6, 6.07) is 14.4. The molecule has 21 heavy (non-hydrogen) atoms. The van der Waals surface area contributed by atoms with Gasteiger partial charge in [-0.05, 0) is 54.8 Å². The maximum atomic E-state index is 12.1. The average Bonchev–Trinajstić information content (AvgIpc) is 3.23. The number of hydrogen-bond donors (Lipinski definition) is 2. The van der Waals surface area contributed by atoms with Crippen LogP contribution in [0.1, 0.15) is 18.4 Å². The molecule has 1 fully saturated rings. The summed E-state index contributed by atoms with van der Waals surface area (Å²) in [6.45, 7) is 0. The van der Waals surface area contributed by atoms with Gasteiger partial charge in [-0.2, -0.15) is 0 Å². The van der Waals surface area contributed by atoms with Crippen LogP contribution in [0.5, 0.6) is 0 Å². The van der Waals surface area contributed by atoms with E-state index < -0.39 is 0 Å². The van der Waals surface area contributed by atoms with Crippen LogP contribution in [0.3, 0.4) is 0 Å². The van der Waals surface area contributed by atoms with Gasteiger partial charge in [-0.15, -0.1) is 0 Å². The van der Waals surface area contributed by atoms with Crippen molar-refractivity contribution in [2.24, 2.45) is 0 Å². The summed E-state index contributed by atoms with van der Waals surface area (Å²) in [5.74, 6) is 0. The molecule has 0 aromatic heterocycles. The molecule has 0 spiro atoms. The van der Waals surface area contributed by atoms with E-state index in [1.807, 2.05) is 24.3 Å². The molecule has 5 heteroatoms. The van der Waals surface area contributed by atoms with Gasteiger partial charge in [0.25, 0.3) is 0 Å². The highest BCUT2D eigenvalue weighted by Crippen LogP contribution is 2.45. The standard InChI is InChI=1S/C16H14Cl2N2O/c17-12-3-1-11(2-4-12)16(9-10-16)20-15(21)19-14-7-5-13(18)6-8-14/h1-8H,9-10H2,(H2,19,20,21). The number of carbonyl (C=O) groups excluding carboxylic acids is 1. The van der Waals surface area contributed by atoms with Crippen molar-refractivity contribution in [3.8, 4) is 0 Å². The Morgan fingerprint density at radius 3 is 1.95 bits per heavy atom. The summed E-state index contributed by atoms with van der Waals surface area (Å²) >= 11 is 11.7. The van der Waals surface area contributed by atoms with Crippen LogP contribution >= 0.6 is 23.2 Å². The third kappa shape index (κ3) is 3.31. The lowest BCUT2D eigenvalue weighted by Gasteiger charge is -2.18. The molecule has 0 aliphatic heterocycles. The molecule has 2 aromatic rings. The van der Waals surface area contributed by atoms with E-state index in [1.165, 1.54) is 0 Å². The Balaban J connectivity index is 1.67. The minimum Gasteiger partial charge on any atom is -0.328 e. The predicted molar refractivity (Wildman–Crippen MR) is 86.0 cm³/mol. The van der Waals surface area contributed by atoms with Crippen LogP contribution in [-0.4, -0.2) is 6.03 Å². The first-order valence-corrected chi connectivity index (χ1v) is 7.44. The first-order valence-electron chi connectivity index (χ1n) is 6.68. The zero-order valence-electron chi connectivity index (χ0n) is 11.2. The fourth-order valence-corrected chi connectivity index (χ4v) is 2.54. The van der Waals surface area contributed by atoms with Gasteiger partial charge in [0.15, 0.2) is 0 Å². The largest absolute Gasteiger partial charge is 0.328 e. The number of urea groups is 1. The van der Waals surface area contributed by atoms with Gasteiger partial charge in [0.05, 0.1) is 5.54 Å². The number of benzene rings is 2. The van der Waals surface area contributed by atoms with Crippen molar-refractivity contribution in [3.05, 3.63) is 64.1 Å². The zero-order valence-corrected chi connectivity index (χ0v) is 12.7. The van der Waals surface area contributed by atoms with E-state index >= 15 is 0 Å². The highest BCUT2D eigenvalue weighted by atomic mass is 35.5. The minimum atomic E-state index is -0.263. The van der Waals surface area contributed by atoms with E-state index in [0.29, 0.717) is 15.7 Å². The van der Waals surface area contributed by atoms with E-state index in [0.717, 1.165) is 18.4 Å². The van der Waals surface area contributed by atoms with Gasteiger partial charge in [-0.1, -0.05) is 35.3 Å². The molecule has 1 aliphatic carbocycles. The molecule has 1 saturated carbocycles. The lowest BCUT2D eigenvalue weighted by molar-refractivity contribution is 0.247. The van der Waals surface area contributed by atoms with Crippen molar-refractivity contribution < 1.29 is 4.79 Å². The molecule has 0 saturated heterocycles. The molecule has 0 atom stereocenters. The van der Waals surface area contributed by atoms with Crippen LogP contribution in [0.25, 0.3) is 0 Å². The van der Waals surface area contributed by atoms with Gasteiger partial charge in [-0.25, -0.2) is 4.79 Å². The van der Waals surface area contributed by atoms with E-state index in [1.54, 1.807) is 24.3 Å². The highest BCUT2D eigenvalue weighted by Gasteiger charge is 2.45. The van der Waals surface area contributed by atoms with Crippen molar-refractivity contribution >= 4 is 34.9 Å². The molecular weight excluding hydrogens is 307 g/mol. The third-order valence-corrected chi connectivity index (χ3v) is 4.11. The van der Waals surface area contributed by atoms with Crippen LogP contribution in [0.4, 0.5) is 10.5 Å². The fourth-order valence-electron chi connectivity index (χ4n) is 2.29. The molecule has 0 radical (unpaired) electrons. The molecule has 0 unspecified atom stereocenters. The number of nitrogens with one attached hydrogen (secondary N) is 2. The first-order chi connectivity index (χ1) is 10.1. The number of halogens is 2. The van der Waals surface area contributed by atoms with Crippen molar-refractivity contribution in [2.75, 3.05) is 5.32 Å². The molecular formula is C16H14Cl2N2O. The Hall–Kier alpha value is -1.71. The average molecular weight is 321 g/mol. The monoisotopic (exact) mass is 320 g/mol. The maximum Gasteiger partial charge on any atom is 0.319 e. The summed E-state index contributed by atoms with van der Waals surface area (Å²) in [5.41, 5.74) is 1.53. The molecule has 2 amide bonds. The topological polar surface area (TPSA) is 41.1 Å². The van der Waals surface area contributed by atoms with Gasteiger partial charge in [0.1, 0.15) is 0 Å². The normalized spacial score (nSPS) is 15.3. The summed E-state index contributed by atoms with van der Waals surface area (Å²) in [4.78, 5) is 12.1. The summed E-state index contributed by atoms with van der Waals surface area (Å²) in [6.07, 6.45) is 1.87. The van der Waals surface area contributed by atoms with Crippen molar-refractivity contribution in [2.45, 2.75) is 18.4 Å². The van der Waals surface area contributed by atoms with E-state index in [2.05, 4.69) is 10.6 Å². The van der Waals surface area contributed by atoms with Gasteiger partial charge >= 0.3 is 6.03 Å². The van der Waals surface area contributed by atoms with Crippen LogP contribution in [0.15, 0.2) is 48.5 Å².